The second kappa shape index (κ2) is 5.20. The summed E-state index contributed by atoms with van der Waals surface area (Å²) in [4.78, 5) is 10.3. The number of carbonyl (C=O) groups is 1. The van der Waals surface area contributed by atoms with Crippen molar-refractivity contribution in [2.45, 2.75) is 19.4 Å². The van der Waals surface area contributed by atoms with Gasteiger partial charge in [0, 0.05) is 6.54 Å². The van der Waals surface area contributed by atoms with Gasteiger partial charge >= 0.3 is 5.97 Å². The fourth-order valence-electron chi connectivity index (χ4n) is 0.645. The highest BCUT2D eigenvalue weighted by Gasteiger charge is 2.12. The maximum absolute atomic E-state index is 10.3. The van der Waals surface area contributed by atoms with E-state index in [1.165, 1.54) is 0 Å². The molecular weight excluding hydrogens is 134 g/mol. The van der Waals surface area contributed by atoms with Crippen LogP contribution in [0.25, 0.3) is 0 Å². The standard InChI is InChI=1S/C6H13NO3/c1-2-5(6(9)10)7-3-4-8/h5,7-8H,2-4H2,1H3,(H,9,10). The maximum Gasteiger partial charge on any atom is 0.320 e. The number of aliphatic carboxylic acids is 1. The number of aliphatic hydroxyl groups excluding tert-OH is 1. The predicted molar refractivity (Wildman–Crippen MR) is 36.8 cm³/mol. The Morgan fingerprint density at radius 2 is 2.30 bits per heavy atom. The zero-order valence-corrected chi connectivity index (χ0v) is 6.00. The third-order valence-electron chi connectivity index (χ3n) is 1.21. The average Bonchev–Trinajstić information content (AvgIpc) is 1.89. The van der Waals surface area contributed by atoms with Gasteiger partial charge in [-0.2, -0.15) is 0 Å². The largest absolute Gasteiger partial charge is 0.480 e. The molecule has 0 aromatic heterocycles. The van der Waals surface area contributed by atoms with E-state index in [4.69, 9.17) is 10.2 Å². The molecule has 0 saturated heterocycles. The molecule has 4 nitrogen and oxygen atoms in total. The second-order valence-electron chi connectivity index (χ2n) is 1.98. The van der Waals surface area contributed by atoms with Crippen molar-refractivity contribution >= 4 is 5.97 Å². The molecule has 0 bridgehead atoms. The fraction of sp³-hybridized carbons (Fsp3) is 0.833. The SMILES string of the molecule is CCC(NCCO)C(=O)O. The van der Waals surface area contributed by atoms with Crippen LogP contribution in [-0.2, 0) is 4.79 Å². The van der Waals surface area contributed by atoms with Crippen LogP contribution in [0.3, 0.4) is 0 Å². The third kappa shape index (κ3) is 3.42. The lowest BCUT2D eigenvalue weighted by Crippen LogP contribution is -2.37. The molecule has 0 fully saturated rings. The van der Waals surface area contributed by atoms with Crippen LogP contribution >= 0.6 is 0 Å². The molecular formula is C6H13NO3. The van der Waals surface area contributed by atoms with E-state index in [-0.39, 0.29) is 6.61 Å². The van der Waals surface area contributed by atoms with Crippen LogP contribution in [0.5, 0.6) is 0 Å². The van der Waals surface area contributed by atoms with Crippen LogP contribution in [-0.4, -0.2) is 35.4 Å². The van der Waals surface area contributed by atoms with E-state index in [0.717, 1.165) is 0 Å². The first kappa shape index (κ1) is 9.39. The number of carboxylic acid groups (broad SMARTS) is 1. The topological polar surface area (TPSA) is 69.6 Å². The van der Waals surface area contributed by atoms with Crippen molar-refractivity contribution in [1.82, 2.24) is 5.32 Å². The molecule has 0 amide bonds. The van der Waals surface area contributed by atoms with Gasteiger partial charge in [0.2, 0.25) is 0 Å². The lowest BCUT2D eigenvalue weighted by atomic mass is 10.2. The number of hydrogen-bond donors (Lipinski definition) is 3. The van der Waals surface area contributed by atoms with Gasteiger partial charge < -0.3 is 15.5 Å². The maximum atomic E-state index is 10.3. The second-order valence-corrected chi connectivity index (χ2v) is 1.98. The Balaban J connectivity index is 3.50. The van der Waals surface area contributed by atoms with Crippen LogP contribution < -0.4 is 5.32 Å². The molecule has 0 saturated carbocycles. The predicted octanol–water partition coefficient (Wildman–Crippen LogP) is -0.569. The molecule has 10 heavy (non-hydrogen) atoms. The van der Waals surface area contributed by atoms with Gasteiger partial charge in [-0.1, -0.05) is 6.92 Å². The van der Waals surface area contributed by atoms with Crippen molar-refractivity contribution < 1.29 is 15.0 Å². The Bertz CT molecular complexity index is 105. The highest BCUT2D eigenvalue weighted by atomic mass is 16.4. The molecule has 0 radical (unpaired) electrons. The Hall–Kier alpha value is -0.610. The number of hydrogen-bond acceptors (Lipinski definition) is 3. The van der Waals surface area contributed by atoms with E-state index in [0.29, 0.717) is 13.0 Å². The van der Waals surface area contributed by atoms with Gasteiger partial charge in [-0.15, -0.1) is 0 Å². The normalized spacial score (nSPS) is 13.0. The van der Waals surface area contributed by atoms with Gasteiger partial charge in [-0.3, -0.25) is 4.79 Å². The molecule has 0 spiro atoms. The number of rotatable bonds is 5. The van der Waals surface area contributed by atoms with E-state index in [1.807, 2.05) is 0 Å². The first-order valence-electron chi connectivity index (χ1n) is 3.29. The van der Waals surface area contributed by atoms with E-state index in [9.17, 15) is 4.79 Å². The van der Waals surface area contributed by atoms with Gasteiger partial charge in [0.05, 0.1) is 6.61 Å². The molecule has 60 valence electrons. The quantitative estimate of drug-likeness (QED) is 0.487. The van der Waals surface area contributed by atoms with E-state index in [2.05, 4.69) is 5.32 Å². The Morgan fingerprint density at radius 3 is 2.60 bits per heavy atom. The van der Waals surface area contributed by atoms with Crippen molar-refractivity contribution in [2.24, 2.45) is 0 Å². The Labute approximate surface area is 59.9 Å². The minimum absolute atomic E-state index is 0.0240. The molecule has 1 unspecified atom stereocenters. The average molecular weight is 147 g/mol. The fourth-order valence-corrected chi connectivity index (χ4v) is 0.645. The van der Waals surface area contributed by atoms with E-state index >= 15 is 0 Å². The minimum Gasteiger partial charge on any atom is -0.480 e. The molecule has 4 heteroatoms. The molecule has 1 atom stereocenters. The molecule has 0 heterocycles. The molecule has 0 aliphatic rings. The van der Waals surface area contributed by atoms with Crippen molar-refractivity contribution in [1.29, 1.82) is 0 Å². The van der Waals surface area contributed by atoms with Crippen molar-refractivity contribution in [3.8, 4) is 0 Å². The highest BCUT2D eigenvalue weighted by molar-refractivity contribution is 5.73. The zero-order chi connectivity index (χ0) is 7.98. The summed E-state index contributed by atoms with van der Waals surface area (Å²) >= 11 is 0. The first-order chi connectivity index (χ1) is 4.72. The molecule has 0 aromatic rings. The van der Waals surface area contributed by atoms with Gasteiger partial charge in [0.25, 0.3) is 0 Å². The van der Waals surface area contributed by atoms with Crippen LogP contribution in [0.2, 0.25) is 0 Å². The van der Waals surface area contributed by atoms with E-state index in [1.54, 1.807) is 6.92 Å². The lowest BCUT2D eigenvalue weighted by Gasteiger charge is -2.09. The summed E-state index contributed by atoms with van der Waals surface area (Å²) in [6.07, 6.45) is 0.537. The summed E-state index contributed by atoms with van der Waals surface area (Å²) in [5.74, 6) is -0.865. The lowest BCUT2D eigenvalue weighted by molar-refractivity contribution is -0.139. The van der Waals surface area contributed by atoms with Gasteiger partial charge in [-0.25, -0.2) is 0 Å². The molecule has 0 aromatic carbocycles. The smallest absolute Gasteiger partial charge is 0.320 e. The summed E-state index contributed by atoms with van der Waals surface area (Å²) in [5, 5.41) is 19.5. The van der Waals surface area contributed by atoms with Gasteiger partial charge in [0.15, 0.2) is 0 Å². The monoisotopic (exact) mass is 147 g/mol. The van der Waals surface area contributed by atoms with Gasteiger partial charge in [0.1, 0.15) is 6.04 Å². The Morgan fingerprint density at radius 1 is 1.70 bits per heavy atom. The minimum atomic E-state index is -0.865. The van der Waals surface area contributed by atoms with Crippen LogP contribution in [0.1, 0.15) is 13.3 Å². The molecule has 0 aliphatic heterocycles. The summed E-state index contributed by atoms with van der Waals surface area (Å²) < 4.78 is 0. The molecule has 0 rings (SSSR count). The van der Waals surface area contributed by atoms with Crippen molar-refractivity contribution in [3.05, 3.63) is 0 Å². The molecule has 0 aliphatic carbocycles. The third-order valence-corrected chi connectivity index (χ3v) is 1.21. The highest BCUT2D eigenvalue weighted by Crippen LogP contribution is 1.88. The summed E-state index contributed by atoms with van der Waals surface area (Å²) in [6.45, 7) is 2.09. The van der Waals surface area contributed by atoms with Crippen LogP contribution in [0.4, 0.5) is 0 Å². The zero-order valence-electron chi connectivity index (χ0n) is 6.00. The van der Waals surface area contributed by atoms with Crippen LogP contribution in [0.15, 0.2) is 0 Å². The first-order valence-corrected chi connectivity index (χ1v) is 3.29. The van der Waals surface area contributed by atoms with Crippen molar-refractivity contribution in [3.63, 3.8) is 0 Å². The van der Waals surface area contributed by atoms with Crippen LogP contribution in [0, 0.1) is 0 Å². The van der Waals surface area contributed by atoms with E-state index < -0.39 is 12.0 Å². The summed E-state index contributed by atoms with van der Waals surface area (Å²) in [5.41, 5.74) is 0. The summed E-state index contributed by atoms with van der Waals surface area (Å²) in [7, 11) is 0. The number of aliphatic hydroxyl groups is 1. The number of nitrogens with one attached hydrogen (secondary N) is 1. The Kier molecular flexibility index (Phi) is 4.88. The summed E-state index contributed by atoms with van der Waals surface area (Å²) in [6, 6.07) is -0.521. The molecule has 3 N–H and O–H groups in total. The van der Waals surface area contributed by atoms with Crippen molar-refractivity contribution in [2.75, 3.05) is 13.2 Å². The number of carboxylic acids is 1. The van der Waals surface area contributed by atoms with Gasteiger partial charge in [-0.05, 0) is 6.42 Å².